The van der Waals surface area contributed by atoms with Crippen LogP contribution >= 0.6 is 0 Å². The highest BCUT2D eigenvalue weighted by molar-refractivity contribution is 5.93. The molecule has 27 heavy (non-hydrogen) atoms. The van der Waals surface area contributed by atoms with E-state index in [0.29, 0.717) is 17.9 Å². The minimum Gasteiger partial charge on any atom is -0.463 e. The molecular weight excluding hydrogens is 352 g/mol. The summed E-state index contributed by atoms with van der Waals surface area (Å²) >= 11 is 0. The molecule has 0 fully saturated rings. The molecule has 2 aromatic rings. The maximum absolute atomic E-state index is 12.3. The number of nitrogens with zero attached hydrogens (tertiary/aromatic N) is 1. The predicted molar refractivity (Wildman–Crippen MR) is 99.1 cm³/mol. The molecule has 1 atom stereocenters. The van der Waals surface area contributed by atoms with E-state index in [2.05, 4.69) is 0 Å². The van der Waals surface area contributed by atoms with Crippen molar-refractivity contribution in [2.75, 3.05) is 19.8 Å². The Labute approximate surface area is 158 Å². The Balaban J connectivity index is 1.90. The standard InChI is InChI=1S/C19H28N2O6/c1-4-5-7-26-18(22)15-11-16-14(6-8-25-16)21(15)12-24-9-10-27-19(23)17(20)13(2)3/h6,8,11,13,17H,4-5,7,9-10,12,20H2,1-3H3. The molecule has 0 saturated heterocycles. The zero-order valence-corrected chi connectivity index (χ0v) is 16.1. The molecule has 0 spiro atoms. The molecule has 8 heteroatoms. The van der Waals surface area contributed by atoms with Crippen LogP contribution in [0.1, 0.15) is 44.1 Å². The summed E-state index contributed by atoms with van der Waals surface area (Å²) in [4.78, 5) is 24.0. The van der Waals surface area contributed by atoms with E-state index in [1.54, 1.807) is 23.0 Å². The maximum atomic E-state index is 12.3. The minimum atomic E-state index is -0.649. The number of furan rings is 1. The lowest BCUT2D eigenvalue weighted by atomic mass is 10.1. The van der Waals surface area contributed by atoms with Crippen molar-refractivity contribution in [1.29, 1.82) is 0 Å². The van der Waals surface area contributed by atoms with E-state index < -0.39 is 18.0 Å². The number of ether oxygens (including phenoxy) is 3. The first-order valence-corrected chi connectivity index (χ1v) is 9.19. The predicted octanol–water partition coefficient (Wildman–Crippen LogP) is 2.69. The number of aromatic nitrogens is 1. The molecule has 0 radical (unpaired) electrons. The Hall–Kier alpha value is -2.32. The second-order valence-corrected chi connectivity index (χ2v) is 6.59. The number of carbonyl (C=O) groups excluding carboxylic acids is 2. The largest absolute Gasteiger partial charge is 0.463 e. The van der Waals surface area contributed by atoms with Gasteiger partial charge in [-0.15, -0.1) is 0 Å². The van der Waals surface area contributed by atoms with Crippen LogP contribution in [0.3, 0.4) is 0 Å². The molecular formula is C19H28N2O6. The van der Waals surface area contributed by atoms with Gasteiger partial charge in [0.1, 0.15) is 25.1 Å². The molecule has 0 bridgehead atoms. The van der Waals surface area contributed by atoms with Crippen LogP contribution in [0.15, 0.2) is 22.8 Å². The van der Waals surface area contributed by atoms with Crippen molar-refractivity contribution in [2.45, 2.75) is 46.4 Å². The molecule has 2 rings (SSSR count). The second kappa shape index (κ2) is 10.1. The van der Waals surface area contributed by atoms with Gasteiger partial charge in [0.05, 0.1) is 25.0 Å². The molecule has 150 valence electrons. The van der Waals surface area contributed by atoms with E-state index in [-0.39, 0.29) is 25.9 Å². The van der Waals surface area contributed by atoms with E-state index in [9.17, 15) is 9.59 Å². The van der Waals surface area contributed by atoms with Crippen LogP contribution in [0.4, 0.5) is 0 Å². The first-order chi connectivity index (χ1) is 13.0. The van der Waals surface area contributed by atoms with Crippen molar-refractivity contribution in [3.63, 3.8) is 0 Å². The highest BCUT2D eigenvalue weighted by Gasteiger charge is 2.20. The molecule has 0 aromatic carbocycles. The average Bonchev–Trinajstić information content (AvgIpc) is 3.22. The molecule has 2 N–H and O–H groups in total. The number of carbonyl (C=O) groups is 2. The number of hydrogen-bond donors (Lipinski definition) is 1. The number of esters is 2. The summed E-state index contributed by atoms with van der Waals surface area (Å²) in [5.74, 6) is -0.867. The van der Waals surface area contributed by atoms with E-state index in [1.165, 1.54) is 0 Å². The number of unbranched alkanes of at least 4 members (excludes halogenated alkanes) is 1. The quantitative estimate of drug-likeness (QED) is 0.472. The van der Waals surface area contributed by atoms with Gasteiger partial charge in [-0.25, -0.2) is 4.79 Å². The molecule has 2 aromatic heterocycles. The SMILES string of the molecule is CCCCOC(=O)c1cc2occc2n1COCCOC(=O)C(N)C(C)C. The van der Waals surface area contributed by atoms with Crippen LogP contribution in [0.5, 0.6) is 0 Å². The van der Waals surface area contributed by atoms with Gasteiger partial charge in [0.2, 0.25) is 0 Å². The van der Waals surface area contributed by atoms with Crippen molar-refractivity contribution < 1.29 is 28.2 Å². The number of hydrogen-bond acceptors (Lipinski definition) is 7. The molecule has 8 nitrogen and oxygen atoms in total. The highest BCUT2D eigenvalue weighted by atomic mass is 16.6. The summed E-state index contributed by atoms with van der Waals surface area (Å²) in [6, 6.07) is 2.74. The van der Waals surface area contributed by atoms with Crippen molar-refractivity contribution in [2.24, 2.45) is 11.7 Å². The molecule has 0 aliphatic rings. The van der Waals surface area contributed by atoms with Gasteiger partial charge in [0, 0.05) is 12.1 Å². The average molecular weight is 380 g/mol. The van der Waals surface area contributed by atoms with Crippen molar-refractivity contribution in [1.82, 2.24) is 4.57 Å². The Morgan fingerprint density at radius 3 is 2.70 bits per heavy atom. The maximum Gasteiger partial charge on any atom is 0.355 e. The van der Waals surface area contributed by atoms with Crippen molar-refractivity contribution in [3.8, 4) is 0 Å². The number of fused-ring (bicyclic) bond motifs is 1. The molecule has 0 saturated carbocycles. The molecule has 2 heterocycles. The normalized spacial score (nSPS) is 12.5. The van der Waals surface area contributed by atoms with Crippen LogP contribution in [0.25, 0.3) is 11.1 Å². The van der Waals surface area contributed by atoms with E-state index in [1.807, 2.05) is 20.8 Å². The lowest BCUT2D eigenvalue weighted by Crippen LogP contribution is -2.37. The first kappa shape index (κ1) is 21.0. The van der Waals surface area contributed by atoms with Crippen LogP contribution in [0, 0.1) is 5.92 Å². The van der Waals surface area contributed by atoms with Crippen molar-refractivity contribution >= 4 is 23.0 Å². The summed E-state index contributed by atoms with van der Waals surface area (Å²) in [6.07, 6.45) is 3.30. The highest BCUT2D eigenvalue weighted by Crippen LogP contribution is 2.22. The zero-order chi connectivity index (χ0) is 19.8. The van der Waals surface area contributed by atoms with Gasteiger partial charge < -0.3 is 28.9 Å². The second-order valence-electron chi connectivity index (χ2n) is 6.59. The zero-order valence-electron chi connectivity index (χ0n) is 16.1. The fourth-order valence-corrected chi connectivity index (χ4v) is 2.39. The Bertz CT molecular complexity index is 749. The Morgan fingerprint density at radius 1 is 1.22 bits per heavy atom. The van der Waals surface area contributed by atoms with Gasteiger partial charge >= 0.3 is 11.9 Å². The fraction of sp³-hybridized carbons (Fsp3) is 0.579. The van der Waals surface area contributed by atoms with Gasteiger partial charge in [0.15, 0.2) is 5.58 Å². The summed E-state index contributed by atoms with van der Waals surface area (Å²) in [7, 11) is 0. The molecule has 1 unspecified atom stereocenters. The summed E-state index contributed by atoms with van der Waals surface area (Å²) in [5.41, 5.74) is 7.40. The fourth-order valence-electron chi connectivity index (χ4n) is 2.39. The van der Waals surface area contributed by atoms with Crippen LogP contribution in [-0.2, 0) is 25.7 Å². The third kappa shape index (κ3) is 5.58. The Morgan fingerprint density at radius 2 is 2.00 bits per heavy atom. The van der Waals surface area contributed by atoms with E-state index in [0.717, 1.165) is 18.4 Å². The third-order valence-electron chi connectivity index (χ3n) is 4.15. The topological polar surface area (TPSA) is 106 Å². The summed E-state index contributed by atoms with van der Waals surface area (Å²) in [6.45, 7) is 6.48. The first-order valence-electron chi connectivity index (χ1n) is 9.19. The smallest absolute Gasteiger partial charge is 0.355 e. The van der Waals surface area contributed by atoms with Crippen LogP contribution < -0.4 is 5.73 Å². The van der Waals surface area contributed by atoms with Gasteiger partial charge in [-0.3, -0.25) is 4.79 Å². The van der Waals surface area contributed by atoms with Gasteiger partial charge in [-0.05, 0) is 12.3 Å². The lowest BCUT2D eigenvalue weighted by molar-refractivity contribution is -0.148. The van der Waals surface area contributed by atoms with Crippen molar-refractivity contribution in [3.05, 3.63) is 24.1 Å². The van der Waals surface area contributed by atoms with E-state index >= 15 is 0 Å². The third-order valence-corrected chi connectivity index (χ3v) is 4.15. The summed E-state index contributed by atoms with van der Waals surface area (Å²) < 4.78 is 23.0. The van der Waals surface area contributed by atoms with Gasteiger partial charge in [-0.2, -0.15) is 0 Å². The van der Waals surface area contributed by atoms with Crippen LogP contribution in [0.2, 0.25) is 0 Å². The van der Waals surface area contributed by atoms with Gasteiger partial charge in [-0.1, -0.05) is 27.2 Å². The Kier molecular flexibility index (Phi) is 7.87. The minimum absolute atomic E-state index is 0.00828. The number of nitrogens with two attached hydrogens (primary N) is 1. The monoisotopic (exact) mass is 380 g/mol. The summed E-state index contributed by atoms with van der Waals surface area (Å²) in [5, 5.41) is 0. The van der Waals surface area contributed by atoms with Gasteiger partial charge in [0.25, 0.3) is 0 Å². The molecule has 0 aliphatic heterocycles. The lowest BCUT2D eigenvalue weighted by Gasteiger charge is -2.15. The number of rotatable bonds is 11. The van der Waals surface area contributed by atoms with Crippen LogP contribution in [-0.4, -0.2) is 42.4 Å². The molecule has 0 aliphatic carbocycles. The molecule has 0 amide bonds. The van der Waals surface area contributed by atoms with E-state index in [4.69, 9.17) is 24.4 Å².